The van der Waals surface area contributed by atoms with Crippen molar-refractivity contribution in [1.29, 1.82) is 0 Å². The van der Waals surface area contributed by atoms with Crippen LogP contribution in [0.3, 0.4) is 0 Å². The molecule has 2 aromatic rings. The van der Waals surface area contributed by atoms with Gasteiger partial charge in [-0.25, -0.2) is 0 Å². The Hall–Kier alpha value is -1.12. The van der Waals surface area contributed by atoms with Crippen LogP contribution < -0.4 is 10.2 Å². The lowest BCUT2D eigenvalue weighted by molar-refractivity contribution is -0.924. The van der Waals surface area contributed by atoms with E-state index in [0.29, 0.717) is 6.54 Å². The van der Waals surface area contributed by atoms with Crippen LogP contribution in [0.4, 0.5) is 5.13 Å². The second kappa shape index (κ2) is 9.54. The molecule has 5 nitrogen and oxygen atoms in total. The number of nitrogens with zero attached hydrogens (tertiary/aromatic N) is 2. The zero-order chi connectivity index (χ0) is 17.5. The third-order valence-electron chi connectivity index (χ3n) is 3.92. The van der Waals surface area contributed by atoms with Gasteiger partial charge in [0.05, 0.1) is 6.61 Å². The Morgan fingerprint density at radius 3 is 3.16 bits per heavy atom. The first-order chi connectivity index (χ1) is 12.2. The fourth-order valence-electron chi connectivity index (χ4n) is 2.69. The van der Waals surface area contributed by atoms with Crippen LogP contribution in [0.1, 0.15) is 5.56 Å². The average molecular weight is 398 g/mol. The molecule has 0 aliphatic carbocycles. The Kier molecular flexibility index (Phi) is 7.12. The van der Waals surface area contributed by atoms with Crippen molar-refractivity contribution in [3.63, 3.8) is 0 Å². The van der Waals surface area contributed by atoms with E-state index in [-0.39, 0.29) is 6.10 Å². The van der Waals surface area contributed by atoms with E-state index in [2.05, 4.69) is 28.2 Å². The van der Waals surface area contributed by atoms with Gasteiger partial charge >= 0.3 is 0 Å². The summed E-state index contributed by atoms with van der Waals surface area (Å²) in [5, 5.41) is 13.2. The first kappa shape index (κ1) is 18.7. The Bertz CT molecular complexity index is 697. The molecule has 0 spiro atoms. The van der Waals surface area contributed by atoms with Gasteiger partial charge in [0.15, 0.2) is 4.34 Å². The van der Waals surface area contributed by atoms with Crippen LogP contribution in [0.5, 0.6) is 0 Å². The van der Waals surface area contributed by atoms with Crippen molar-refractivity contribution in [2.75, 3.05) is 37.3 Å². The minimum Gasteiger partial charge on any atom is -0.366 e. The molecule has 3 rings (SSSR count). The topological polar surface area (TPSA) is 51.5 Å². The van der Waals surface area contributed by atoms with Gasteiger partial charge in [0, 0.05) is 22.9 Å². The van der Waals surface area contributed by atoms with E-state index in [1.54, 1.807) is 29.2 Å². The van der Waals surface area contributed by atoms with E-state index in [1.807, 2.05) is 18.2 Å². The highest BCUT2D eigenvalue weighted by atomic mass is 35.5. The summed E-state index contributed by atoms with van der Waals surface area (Å²) in [5.74, 6) is 0.891. The molecule has 0 radical (unpaired) electrons. The van der Waals surface area contributed by atoms with Crippen LogP contribution in [0.25, 0.3) is 0 Å². The van der Waals surface area contributed by atoms with E-state index < -0.39 is 0 Å². The predicted molar refractivity (Wildman–Crippen MR) is 105 cm³/mol. The Balaban J connectivity index is 1.47. The second-order valence-corrected chi connectivity index (χ2v) is 8.47. The van der Waals surface area contributed by atoms with Gasteiger partial charge in [-0.2, -0.15) is 0 Å². The summed E-state index contributed by atoms with van der Waals surface area (Å²) in [5.41, 5.74) is 1.20. The average Bonchev–Trinajstić information content (AvgIpc) is 3.08. The van der Waals surface area contributed by atoms with Crippen molar-refractivity contribution in [3.8, 4) is 0 Å². The predicted octanol–water partition coefficient (Wildman–Crippen LogP) is 2.37. The SMILES string of the molecule is C=CCNc1nnc(SC[C@@H]2C[NH+](Cc3ccccc3Cl)CCO2)s1. The molecule has 8 heteroatoms. The number of morpholine rings is 1. The molecule has 25 heavy (non-hydrogen) atoms. The van der Waals surface area contributed by atoms with Crippen molar-refractivity contribution in [3.05, 3.63) is 47.5 Å². The molecule has 134 valence electrons. The zero-order valence-corrected chi connectivity index (χ0v) is 16.3. The molecular weight excluding hydrogens is 376 g/mol. The van der Waals surface area contributed by atoms with Crippen LogP contribution in [-0.4, -0.2) is 48.3 Å². The lowest BCUT2D eigenvalue weighted by Crippen LogP contribution is -3.13. The van der Waals surface area contributed by atoms with Crippen molar-refractivity contribution in [1.82, 2.24) is 10.2 Å². The van der Waals surface area contributed by atoms with Crippen molar-refractivity contribution in [2.45, 2.75) is 17.0 Å². The lowest BCUT2D eigenvalue weighted by Gasteiger charge is -2.30. The van der Waals surface area contributed by atoms with Gasteiger partial charge in [0.25, 0.3) is 0 Å². The summed E-state index contributed by atoms with van der Waals surface area (Å²) in [6.45, 7) is 8.11. The van der Waals surface area contributed by atoms with E-state index in [4.69, 9.17) is 16.3 Å². The number of quaternary nitrogens is 1. The van der Waals surface area contributed by atoms with E-state index in [0.717, 1.165) is 46.5 Å². The summed E-state index contributed by atoms with van der Waals surface area (Å²) in [7, 11) is 0. The first-order valence-electron chi connectivity index (χ1n) is 8.24. The molecule has 0 amide bonds. The molecule has 1 fully saturated rings. The third-order valence-corrected chi connectivity index (χ3v) is 6.44. The molecule has 0 bridgehead atoms. The molecule has 1 saturated heterocycles. The number of hydrogen-bond acceptors (Lipinski definition) is 6. The minimum atomic E-state index is 0.227. The van der Waals surface area contributed by atoms with Crippen molar-refractivity contribution in [2.24, 2.45) is 0 Å². The van der Waals surface area contributed by atoms with Gasteiger partial charge in [-0.15, -0.1) is 16.8 Å². The van der Waals surface area contributed by atoms with Gasteiger partial charge in [0.1, 0.15) is 25.7 Å². The molecule has 1 aromatic carbocycles. The maximum absolute atomic E-state index is 6.28. The number of thioether (sulfide) groups is 1. The van der Waals surface area contributed by atoms with Gasteiger partial charge in [-0.1, -0.05) is 59.0 Å². The van der Waals surface area contributed by atoms with Crippen LogP contribution in [-0.2, 0) is 11.3 Å². The normalized spacial score (nSPS) is 20.4. The summed E-state index contributed by atoms with van der Waals surface area (Å²) < 4.78 is 6.89. The first-order valence-corrected chi connectivity index (χ1v) is 10.4. The molecule has 2 N–H and O–H groups in total. The number of rotatable bonds is 8. The van der Waals surface area contributed by atoms with Crippen LogP contribution in [0.2, 0.25) is 5.02 Å². The highest BCUT2D eigenvalue weighted by Gasteiger charge is 2.25. The maximum Gasteiger partial charge on any atom is 0.206 e. The van der Waals surface area contributed by atoms with Gasteiger partial charge in [0.2, 0.25) is 5.13 Å². The third kappa shape index (κ3) is 5.69. The number of ether oxygens (including phenoxy) is 1. The van der Waals surface area contributed by atoms with Gasteiger partial charge in [-0.05, 0) is 6.07 Å². The summed E-state index contributed by atoms with van der Waals surface area (Å²) >= 11 is 9.56. The Morgan fingerprint density at radius 2 is 2.32 bits per heavy atom. The quantitative estimate of drug-likeness (QED) is 0.529. The van der Waals surface area contributed by atoms with E-state index in [9.17, 15) is 0 Å². The maximum atomic E-state index is 6.28. The number of aromatic nitrogens is 2. The van der Waals surface area contributed by atoms with Gasteiger partial charge in [-0.3, -0.25) is 0 Å². The van der Waals surface area contributed by atoms with Crippen molar-refractivity contribution >= 4 is 39.8 Å². The second-order valence-electron chi connectivity index (χ2n) is 5.82. The number of halogens is 1. The largest absolute Gasteiger partial charge is 0.366 e. The molecule has 2 heterocycles. The smallest absolute Gasteiger partial charge is 0.206 e. The number of hydrogen-bond donors (Lipinski definition) is 2. The molecule has 1 unspecified atom stereocenters. The summed E-state index contributed by atoms with van der Waals surface area (Å²) in [4.78, 5) is 1.51. The molecule has 0 saturated carbocycles. The summed E-state index contributed by atoms with van der Waals surface area (Å²) in [6.07, 6.45) is 2.03. The van der Waals surface area contributed by atoms with Crippen molar-refractivity contribution < 1.29 is 9.64 Å². The lowest BCUT2D eigenvalue weighted by atomic mass is 10.2. The zero-order valence-electron chi connectivity index (χ0n) is 13.9. The summed E-state index contributed by atoms with van der Waals surface area (Å²) in [6, 6.07) is 8.08. The molecule has 1 aliphatic heterocycles. The fraction of sp³-hybridized carbons (Fsp3) is 0.412. The Labute approximate surface area is 161 Å². The Morgan fingerprint density at radius 1 is 1.44 bits per heavy atom. The fourth-order valence-corrected chi connectivity index (χ4v) is 4.70. The number of anilines is 1. The molecule has 2 atom stereocenters. The standard InChI is InChI=1S/C17H21ClN4OS2/c1-2-7-19-16-20-21-17(25-16)24-12-14-11-22(8-9-23-14)10-13-5-3-4-6-15(13)18/h2-6,14H,1,7-12H2,(H,19,20)/p+1/t14-/m0/s1. The molecular formula is C17H22ClN4OS2+. The van der Waals surface area contributed by atoms with Crippen LogP contribution in [0, 0.1) is 0 Å². The highest BCUT2D eigenvalue weighted by molar-refractivity contribution is 8.01. The molecule has 1 aliphatic rings. The van der Waals surface area contributed by atoms with Crippen LogP contribution >= 0.6 is 34.7 Å². The van der Waals surface area contributed by atoms with E-state index in [1.165, 1.54) is 10.5 Å². The van der Waals surface area contributed by atoms with E-state index >= 15 is 0 Å². The monoisotopic (exact) mass is 397 g/mol. The number of benzene rings is 1. The van der Waals surface area contributed by atoms with Gasteiger partial charge < -0.3 is 15.0 Å². The molecule has 1 aromatic heterocycles. The number of nitrogens with one attached hydrogen (secondary N) is 2. The highest BCUT2D eigenvalue weighted by Crippen LogP contribution is 2.26. The van der Waals surface area contributed by atoms with Crippen LogP contribution in [0.15, 0.2) is 41.3 Å². The minimum absolute atomic E-state index is 0.227.